The van der Waals surface area contributed by atoms with Crippen molar-refractivity contribution in [3.8, 4) is 0 Å². The molecule has 11 heteroatoms. The van der Waals surface area contributed by atoms with Crippen molar-refractivity contribution >= 4 is 41.2 Å². The third-order valence-corrected chi connectivity index (χ3v) is 8.81. The van der Waals surface area contributed by atoms with E-state index >= 15 is 0 Å². The number of ketones is 1. The number of H-pyrrole nitrogens is 1. The fraction of sp³-hybridized carbons (Fsp3) is 0.304. The van der Waals surface area contributed by atoms with Crippen molar-refractivity contribution < 1.29 is 19.1 Å². The van der Waals surface area contributed by atoms with Crippen molar-refractivity contribution in [1.29, 1.82) is 0 Å². The predicted molar refractivity (Wildman–Crippen MR) is 126 cm³/mol. The first-order valence-corrected chi connectivity index (χ1v) is 12.6. The Kier molecular flexibility index (Phi) is 6.13. The van der Waals surface area contributed by atoms with E-state index in [-0.39, 0.29) is 11.8 Å². The van der Waals surface area contributed by atoms with E-state index in [4.69, 9.17) is 4.74 Å². The number of nitrogens with zero attached hydrogens (tertiary/aromatic N) is 4. The van der Waals surface area contributed by atoms with E-state index in [0.29, 0.717) is 10.9 Å². The van der Waals surface area contributed by atoms with E-state index < -0.39 is 34.6 Å². The lowest BCUT2D eigenvalue weighted by atomic mass is 9.84. The number of tetrazole rings is 1. The SMILES string of the molecule is CC(Sc1nn[nH]n1)C1(C(=O)OC(c2ccccc2)c2ccccc2)CS[C@@H]2C(=O)C(=O)N2C1. The van der Waals surface area contributed by atoms with E-state index in [1.165, 1.54) is 28.4 Å². The van der Waals surface area contributed by atoms with E-state index in [9.17, 15) is 14.4 Å². The second-order valence-electron chi connectivity index (χ2n) is 8.18. The molecule has 0 saturated carbocycles. The van der Waals surface area contributed by atoms with Crippen LogP contribution in [0.5, 0.6) is 0 Å². The number of nitrogens with one attached hydrogen (secondary N) is 1. The van der Waals surface area contributed by atoms with Crippen LogP contribution < -0.4 is 0 Å². The van der Waals surface area contributed by atoms with Crippen molar-refractivity contribution in [3.05, 3.63) is 71.8 Å². The van der Waals surface area contributed by atoms with Crippen LogP contribution in [0.4, 0.5) is 0 Å². The molecule has 174 valence electrons. The van der Waals surface area contributed by atoms with Gasteiger partial charge in [-0.1, -0.05) is 79.3 Å². The number of benzene rings is 2. The van der Waals surface area contributed by atoms with Crippen LogP contribution in [-0.4, -0.2) is 66.1 Å². The number of ether oxygens (including phenoxy) is 1. The first kappa shape index (κ1) is 22.6. The van der Waals surface area contributed by atoms with Crippen LogP contribution in [0.1, 0.15) is 24.2 Å². The maximum Gasteiger partial charge on any atom is 0.316 e. The van der Waals surface area contributed by atoms with Crippen LogP contribution in [0.15, 0.2) is 65.8 Å². The van der Waals surface area contributed by atoms with E-state index in [0.717, 1.165) is 11.1 Å². The minimum atomic E-state index is -1.08. The monoisotopic (exact) mass is 495 g/mol. The summed E-state index contributed by atoms with van der Waals surface area (Å²) in [6, 6.07) is 19.1. The molecule has 2 fully saturated rings. The molecule has 2 saturated heterocycles. The number of carbonyl (C=O) groups is 3. The lowest BCUT2D eigenvalue weighted by Crippen LogP contribution is -2.68. The van der Waals surface area contributed by atoms with Gasteiger partial charge in [0.05, 0.1) is 0 Å². The summed E-state index contributed by atoms with van der Waals surface area (Å²) < 4.78 is 6.22. The first-order valence-electron chi connectivity index (χ1n) is 10.7. The summed E-state index contributed by atoms with van der Waals surface area (Å²) in [6.07, 6.45) is -0.620. The quantitative estimate of drug-likeness (QED) is 0.228. The Labute approximate surface area is 204 Å². The molecule has 2 aliphatic heterocycles. The van der Waals surface area contributed by atoms with Crippen molar-refractivity contribution in [2.45, 2.75) is 28.8 Å². The van der Waals surface area contributed by atoms with Gasteiger partial charge in [-0.25, -0.2) is 0 Å². The molecule has 0 radical (unpaired) electrons. The lowest BCUT2D eigenvalue weighted by Gasteiger charge is -2.50. The Hall–Kier alpha value is -3.18. The third-order valence-electron chi connectivity index (χ3n) is 6.15. The molecule has 2 unspecified atom stereocenters. The highest BCUT2D eigenvalue weighted by Crippen LogP contribution is 2.47. The minimum Gasteiger partial charge on any atom is -0.452 e. The highest BCUT2D eigenvalue weighted by atomic mass is 32.2. The van der Waals surface area contributed by atoms with Crippen LogP contribution in [-0.2, 0) is 19.1 Å². The van der Waals surface area contributed by atoms with Crippen molar-refractivity contribution in [2.75, 3.05) is 12.3 Å². The average Bonchev–Trinajstić information content (AvgIpc) is 3.40. The zero-order chi connectivity index (χ0) is 23.7. The van der Waals surface area contributed by atoms with E-state index in [1.807, 2.05) is 67.6 Å². The Balaban J connectivity index is 1.48. The number of Topliss-reactive ketones (excluding diaryl/α,β-unsaturated/α-hetero) is 1. The minimum absolute atomic E-state index is 0.0936. The molecule has 1 amide bonds. The van der Waals surface area contributed by atoms with Gasteiger partial charge in [0, 0.05) is 17.5 Å². The van der Waals surface area contributed by atoms with Gasteiger partial charge in [0.1, 0.15) is 10.8 Å². The molecule has 1 N–H and O–H groups in total. The smallest absolute Gasteiger partial charge is 0.316 e. The van der Waals surface area contributed by atoms with Crippen molar-refractivity contribution in [2.24, 2.45) is 5.41 Å². The number of hydrogen-bond acceptors (Lipinski definition) is 9. The Morgan fingerprint density at radius 1 is 1.15 bits per heavy atom. The predicted octanol–water partition coefficient (Wildman–Crippen LogP) is 2.48. The molecule has 2 aromatic carbocycles. The zero-order valence-electron chi connectivity index (χ0n) is 18.2. The number of thioether (sulfide) groups is 2. The second-order valence-corrected chi connectivity index (χ2v) is 10.6. The number of rotatable bonds is 7. The van der Waals surface area contributed by atoms with E-state index in [1.54, 1.807) is 0 Å². The third kappa shape index (κ3) is 3.98. The second kappa shape index (κ2) is 9.22. The molecule has 3 aromatic rings. The maximum absolute atomic E-state index is 14.0. The van der Waals surface area contributed by atoms with Crippen molar-refractivity contribution in [3.63, 3.8) is 0 Å². The van der Waals surface area contributed by atoms with Gasteiger partial charge in [-0.05, 0) is 16.3 Å². The van der Waals surface area contributed by atoms with Crippen molar-refractivity contribution in [1.82, 2.24) is 25.5 Å². The van der Waals surface area contributed by atoms with Crippen LogP contribution in [0, 0.1) is 5.41 Å². The summed E-state index contributed by atoms with van der Waals surface area (Å²) in [5.74, 6) is -1.09. The van der Waals surface area contributed by atoms with Crippen LogP contribution in [0.2, 0.25) is 0 Å². The highest BCUT2D eigenvalue weighted by Gasteiger charge is 2.59. The van der Waals surface area contributed by atoms with Gasteiger partial charge in [-0.2, -0.15) is 5.21 Å². The largest absolute Gasteiger partial charge is 0.452 e. The molecule has 3 heterocycles. The van der Waals surface area contributed by atoms with Crippen LogP contribution in [0.25, 0.3) is 0 Å². The molecule has 1 aromatic heterocycles. The summed E-state index contributed by atoms with van der Waals surface area (Å²) in [5.41, 5.74) is 0.601. The molecule has 2 aliphatic rings. The number of hydrogen-bond donors (Lipinski definition) is 1. The highest BCUT2D eigenvalue weighted by molar-refractivity contribution is 8.01. The molecule has 3 atom stereocenters. The Bertz CT molecular complexity index is 1160. The Morgan fingerprint density at radius 2 is 1.79 bits per heavy atom. The fourth-order valence-corrected chi connectivity index (χ4v) is 6.74. The van der Waals surface area contributed by atoms with Crippen LogP contribution >= 0.6 is 23.5 Å². The summed E-state index contributed by atoms with van der Waals surface area (Å²) in [6.45, 7) is 1.98. The molecule has 0 aliphatic carbocycles. The molecular weight excluding hydrogens is 474 g/mol. The lowest BCUT2D eigenvalue weighted by molar-refractivity contribution is -0.167. The molecule has 34 heavy (non-hydrogen) atoms. The molecule has 9 nitrogen and oxygen atoms in total. The number of aromatic amines is 1. The number of amides is 1. The summed E-state index contributed by atoms with van der Waals surface area (Å²) in [4.78, 5) is 39.7. The standard InChI is InChI=1S/C23H21N5O4S2/c1-14(34-22-24-26-27-25-22)23(12-28-19(30)17(29)20(28)33-13-23)21(31)32-18(15-8-4-2-5-9-15)16-10-6-3-7-11-16/h2-11,14,18,20H,12-13H2,1H3,(H,24,25,26,27)/t14?,20-,23?/m1/s1. The Morgan fingerprint density at radius 3 is 2.38 bits per heavy atom. The average molecular weight is 496 g/mol. The van der Waals surface area contributed by atoms with E-state index in [2.05, 4.69) is 20.6 Å². The normalized spacial score (nSPS) is 22.8. The molecule has 0 bridgehead atoms. The number of aromatic nitrogens is 4. The van der Waals surface area contributed by atoms with Gasteiger partial charge in [-0.15, -0.1) is 22.0 Å². The van der Waals surface area contributed by atoms with Gasteiger partial charge in [0.15, 0.2) is 6.10 Å². The summed E-state index contributed by atoms with van der Waals surface area (Å²) in [7, 11) is 0. The number of β-lactam (4-membered cyclic amide) rings is 1. The first-order chi connectivity index (χ1) is 16.5. The number of esters is 1. The number of carbonyl (C=O) groups excluding carboxylic acids is 3. The molecule has 0 spiro atoms. The van der Waals surface area contributed by atoms with Gasteiger partial charge in [0.2, 0.25) is 5.16 Å². The maximum atomic E-state index is 14.0. The fourth-order valence-electron chi connectivity index (χ4n) is 4.14. The van der Waals surface area contributed by atoms with Gasteiger partial charge >= 0.3 is 5.97 Å². The molecule has 5 rings (SSSR count). The summed E-state index contributed by atoms with van der Waals surface area (Å²) >= 11 is 2.58. The number of fused-ring (bicyclic) bond motifs is 1. The zero-order valence-corrected chi connectivity index (χ0v) is 19.8. The van der Waals surface area contributed by atoms with Crippen LogP contribution in [0.3, 0.4) is 0 Å². The topological polar surface area (TPSA) is 118 Å². The van der Waals surface area contributed by atoms with Gasteiger partial charge in [0.25, 0.3) is 11.7 Å². The van der Waals surface area contributed by atoms with Gasteiger partial charge in [-0.3, -0.25) is 14.4 Å². The van der Waals surface area contributed by atoms with Gasteiger partial charge < -0.3 is 9.64 Å². The summed E-state index contributed by atoms with van der Waals surface area (Å²) in [5, 5.41) is 13.5. The molecular formula is C23H21N5O4S2.